The van der Waals surface area contributed by atoms with E-state index < -0.39 is 9.84 Å². The molecular weight excluding hydrogens is 522 g/mol. The Kier molecular flexibility index (Phi) is 5.98. The smallest absolute Gasteiger partial charge is 0.310 e. The van der Waals surface area contributed by atoms with Crippen molar-refractivity contribution in [2.75, 3.05) is 24.6 Å². The molecule has 9 nitrogen and oxygen atoms in total. The third-order valence-electron chi connectivity index (χ3n) is 5.92. The zero-order valence-electron chi connectivity index (χ0n) is 18.4. The molecule has 1 fully saturated rings. The summed E-state index contributed by atoms with van der Waals surface area (Å²) in [6.07, 6.45) is 1.54. The Hall–Kier alpha value is -3.05. The van der Waals surface area contributed by atoms with E-state index in [0.29, 0.717) is 31.0 Å². The number of benzene rings is 2. The normalized spacial score (nSPS) is 16.8. The van der Waals surface area contributed by atoms with Crippen molar-refractivity contribution in [1.82, 2.24) is 19.8 Å². The highest BCUT2D eigenvalue weighted by Gasteiger charge is 2.31. The van der Waals surface area contributed by atoms with Crippen LogP contribution in [0.15, 0.2) is 62.9 Å². The molecule has 34 heavy (non-hydrogen) atoms. The summed E-state index contributed by atoms with van der Waals surface area (Å²) in [4.78, 5) is 19.3. The summed E-state index contributed by atoms with van der Waals surface area (Å²) in [5, 5.41) is 8.76. The molecule has 176 valence electrons. The third kappa shape index (κ3) is 3.92. The fourth-order valence-electron chi connectivity index (χ4n) is 4.29. The summed E-state index contributed by atoms with van der Waals surface area (Å²) in [5.74, 6) is 0.119. The Balaban J connectivity index is 1.66. The molecule has 3 heterocycles. The van der Waals surface area contributed by atoms with Gasteiger partial charge in [-0.2, -0.15) is 4.52 Å². The van der Waals surface area contributed by atoms with Crippen molar-refractivity contribution in [2.24, 2.45) is 5.92 Å². The van der Waals surface area contributed by atoms with E-state index in [2.05, 4.69) is 26.2 Å². The summed E-state index contributed by atoms with van der Waals surface area (Å²) >= 11 is 3.33. The number of hydrogen-bond acceptors (Lipinski definition) is 8. The number of nitrogens with zero attached hydrogens (tertiary/aromatic N) is 5. The van der Waals surface area contributed by atoms with Crippen molar-refractivity contribution in [2.45, 2.75) is 29.7 Å². The minimum Gasteiger partial charge on any atom is -0.466 e. The van der Waals surface area contributed by atoms with Gasteiger partial charge in [-0.3, -0.25) is 4.79 Å². The molecule has 11 heteroatoms. The SMILES string of the molecule is CCOC(=O)[C@H]1CCCN(c2nc3c(S(=O)(=O)c4ccc(Br)cc4)nnn3c3ccccc23)C1. The monoisotopic (exact) mass is 543 g/mol. The van der Waals surface area contributed by atoms with Crippen LogP contribution in [0.25, 0.3) is 16.6 Å². The topological polar surface area (TPSA) is 107 Å². The number of esters is 1. The molecule has 0 bridgehead atoms. The van der Waals surface area contributed by atoms with Gasteiger partial charge in [0.25, 0.3) is 0 Å². The van der Waals surface area contributed by atoms with E-state index >= 15 is 0 Å². The maximum absolute atomic E-state index is 13.4. The van der Waals surface area contributed by atoms with Crippen molar-refractivity contribution < 1.29 is 17.9 Å². The second-order valence-electron chi connectivity index (χ2n) is 8.08. The van der Waals surface area contributed by atoms with E-state index in [9.17, 15) is 13.2 Å². The number of anilines is 1. The minimum absolute atomic E-state index is 0.106. The van der Waals surface area contributed by atoms with Gasteiger partial charge < -0.3 is 9.64 Å². The van der Waals surface area contributed by atoms with Gasteiger partial charge in [-0.1, -0.05) is 33.3 Å². The molecule has 1 aliphatic rings. The van der Waals surface area contributed by atoms with Crippen LogP contribution < -0.4 is 4.90 Å². The van der Waals surface area contributed by atoms with Crippen LogP contribution in [0.2, 0.25) is 0 Å². The Labute approximate surface area is 204 Å². The highest BCUT2D eigenvalue weighted by Crippen LogP contribution is 2.32. The Morgan fingerprint density at radius 3 is 2.71 bits per heavy atom. The lowest BCUT2D eigenvalue weighted by molar-refractivity contribution is -0.148. The quantitative estimate of drug-likeness (QED) is 0.351. The van der Waals surface area contributed by atoms with Gasteiger partial charge in [-0.25, -0.2) is 13.4 Å². The average molecular weight is 544 g/mol. The van der Waals surface area contributed by atoms with Gasteiger partial charge in [-0.15, -0.1) is 5.10 Å². The van der Waals surface area contributed by atoms with E-state index in [-0.39, 0.29) is 27.5 Å². The first-order chi connectivity index (χ1) is 16.4. The van der Waals surface area contributed by atoms with Crippen molar-refractivity contribution in [3.63, 3.8) is 0 Å². The predicted molar refractivity (Wildman–Crippen MR) is 129 cm³/mol. The molecule has 0 spiro atoms. The molecule has 1 saturated heterocycles. The van der Waals surface area contributed by atoms with Crippen LogP contribution in [0.1, 0.15) is 19.8 Å². The lowest BCUT2D eigenvalue weighted by Gasteiger charge is -2.33. The maximum Gasteiger partial charge on any atom is 0.310 e. The number of para-hydroxylation sites is 1. The number of sulfone groups is 1. The van der Waals surface area contributed by atoms with Crippen molar-refractivity contribution in [1.29, 1.82) is 0 Å². The number of carbonyl (C=O) groups is 1. The summed E-state index contributed by atoms with van der Waals surface area (Å²) in [7, 11) is -3.96. The first-order valence-corrected chi connectivity index (χ1v) is 13.2. The van der Waals surface area contributed by atoms with Gasteiger partial charge in [0.1, 0.15) is 5.82 Å². The van der Waals surface area contributed by atoms with Crippen LogP contribution >= 0.6 is 15.9 Å². The zero-order valence-corrected chi connectivity index (χ0v) is 20.8. The fourth-order valence-corrected chi connectivity index (χ4v) is 5.79. The molecule has 2 aromatic heterocycles. The van der Waals surface area contributed by atoms with Crippen LogP contribution in [0.3, 0.4) is 0 Å². The molecule has 0 N–H and O–H groups in total. The molecule has 0 aliphatic carbocycles. The highest BCUT2D eigenvalue weighted by molar-refractivity contribution is 9.10. The molecule has 0 radical (unpaired) electrons. The number of piperidine rings is 1. The number of fused-ring (bicyclic) bond motifs is 3. The number of aromatic nitrogens is 4. The third-order valence-corrected chi connectivity index (χ3v) is 8.12. The molecule has 1 aliphatic heterocycles. The minimum atomic E-state index is -3.96. The Morgan fingerprint density at radius 2 is 1.94 bits per heavy atom. The highest BCUT2D eigenvalue weighted by atomic mass is 79.9. The lowest BCUT2D eigenvalue weighted by Crippen LogP contribution is -2.40. The predicted octanol–water partition coefficient (Wildman–Crippen LogP) is 3.65. The van der Waals surface area contributed by atoms with Gasteiger partial charge in [-0.05, 0) is 56.2 Å². The van der Waals surface area contributed by atoms with Crippen molar-refractivity contribution in [3.05, 3.63) is 53.0 Å². The lowest BCUT2D eigenvalue weighted by atomic mass is 9.98. The van der Waals surface area contributed by atoms with E-state index in [0.717, 1.165) is 22.7 Å². The van der Waals surface area contributed by atoms with Gasteiger partial charge >= 0.3 is 5.97 Å². The molecular formula is C23H22BrN5O4S. The van der Waals surface area contributed by atoms with E-state index in [1.807, 2.05) is 29.2 Å². The summed E-state index contributed by atoms with van der Waals surface area (Å²) < 4.78 is 34.3. The number of hydrogen-bond donors (Lipinski definition) is 0. The van der Waals surface area contributed by atoms with Gasteiger partial charge in [0.2, 0.25) is 14.9 Å². The fraction of sp³-hybridized carbons (Fsp3) is 0.304. The van der Waals surface area contributed by atoms with E-state index in [4.69, 9.17) is 9.72 Å². The van der Waals surface area contributed by atoms with Crippen LogP contribution in [0.5, 0.6) is 0 Å². The van der Waals surface area contributed by atoms with Gasteiger partial charge in [0.15, 0.2) is 5.65 Å². The number of ether oxygens (including phenoxy) is 1. The van der Waals surface area contributed by atoms with Crippen molar-refractivity contribution >= 4 is 54.1 Å². The van der Waals surface area contributed by atoms with Crippen molar-refractivity contribution in [3.8, 4) is 0 Å². The second kappa shape index (κ2) is 8.95. The molecule has 0 saturated carbocycles. The maximum atomic E-state index is 13.4. The standard InChI is InChI=1S/C23H22BrN5O4S/c1-2-33-23(30)15-6-5-13-28(14-15)20-18-7-3-4-8-19(18)29-21(25-20)22(26-27-29)34(31,32)17-11-9-16(24)10-12-17/h3-4,7-12,15H,2,5-6,13-14H2,1H3/t15-/m0/s1. The number of halogens is 1. The van der Waals surface area contributed by atoms with Gasteiger partial charge in [0.05, 0.1) is 22.9 Å². The number of carbonyl (C=O) groups excluding carboxylic acids is 1. The molecule has 0 unspecified atom stereocenters. The summed E-state index contributed by atoms with van der Waals surface area (Å²) in [6.45, 7) is 3.27. The van der Waals surface area contributed by atoms with Crippen LogP contribution in [0.4, 0.5) is 5.82 Å². The molecule has 1 atom stereocenters. The largest absolute Gasteiger partial charge is 0.466 e. The molecule has 2 aromatic carbocycles. The molecule has 4 aromatic rings. The number of rotatable bonds is 5. The summed E-state index contributed by atoms with van der Waals surface area (Å²) in [6, 6.07) is 13.9. The van der Waals surface area contributed by atoms with E-state index in [1.54, 1.807) is 19.1 Å². The first kappa shape index (κ1) is 22.7. The Morgan fingerprint density at radius 1 is 1.18 bits per heavy atom. The van der Waals surface area contributed by atoms with Crippen LogP contribution in [-0.4, -0.2) is 53.9 Å². The second-order valence-corrected chi connectivity index (χ2v) is 10.9. The van der Waals surface area contributed by atoms with Crippen LogP contribution in [0, 0.1) is 5.92 Å². The first-order valence-electron chi connectivity index (χ1n) is 11.0. The average Bonchev–Trinajstić information content (AvgIpc) is 3.29. The Bertz CT molecular complexity index is 1490. The van der Waals surface area contributed by atoms with E-state index in [1.165, 1.54) is 16.6 Å². The van der Waals surface area contributed by atoms with Crippen LogP contribution in [-0.2, 0) is 19.4 Å². The van der Waals surface area contributed by atoms with Gasteiger partial charge in [0, 0.05) is 22.9 Å². The zero-order chi connectivity index (χ0) is 23.9. The molecule has 0 amide bonds. The summed E-state index contributed by atoms with van der Waals surface area (Å²) in [5.41, 5.74) is 0.834. The molecule has 5 rings (SSSR count).